The zero-order valence-electron chi connectivity index (χ0n) is 15.5. The summed E-state index contributed by atoms with van der Waals surface area (Å²) in [5, 5.41) is 0. The molecular formula is C22H27N3O. The third-order valence-corrected chi connectivity index (χ3v) is 5.86. The van der Waals surface area contributed by atoms with Gasteiger partial charge in [0.05, 0.1) is 0 Å². The van der Waals surface area contributed by atoms with Crippen LogP contribution in [0.1, 0.15) is 41.9 Å². The minimum absolute atomic E-state index is 0.319. The third-order valence-electron chi connectivity index (χ3n) is 5.86. The number of rotatable bonds is 3. The number of benzene rings is 1. The summed E-state index contributed by atoms with van der Waals surface area (Å²) in [6.45, 7) is 5.69. The average molecular weight is 349 g/mol. The van der Waals surface area contributed by atoms with E-state index in [-0.39, 0.29) is 0 Å². The van der Waals surface area contributed by atoms with Crippen molar-refractivity contribution in [2.24, 2.45) is 0 Å². The number of carbonyl (C=O) groups excluding carboxylic acids is 1. The Balaban J connectivity index is 1.39. The Morgan fingerprint density at radius 2 is 2.04 bits per heavy atom. The van der Waals surface area contributed by atoms with Crippen LogP contribution in [0.3, 0.4) is 0 Å². The van der Waals surface area contributed by atoms with E-state index in [1.54, 1.807) is 0 Å². The van der Waals surface area contributed by atoms with Crippen molar-refractivity contribution in [1.29, 1.82) is 0 Å². The van der Waals surface area contributed by atoms with Crippen LogP contribution in [0.25, 0.3) is 0 Å². The van der Waals surface area contributed by atoms with E-state index in [9.17, 15) is 4.79 Å². The van der Waals surface area contributed by atoms with Gasteiger partial charge in [-0.15, -0.1) is 0 Å². The Morgan fingerprint density at radius 3 is 2.92 bits per heavy atom. The Morgan fingerprint density at radius 1 is 1.15 bits per heavy atom. The van der Waals surface area contributed by atoms with Gasteiger partial charge in [-0.1, -0.05) is 24.3 Å². The molecule has 4 heteroatoms. The number of nitrogens with zero attached hydrogens (tertiary/aromatic N) is 3. The van der Waals surface area contributed by atoms with Crippen molar-refractivity contribution in [2.45, 2.75) is 38.5 Å². The second-order valence-electron chi connectivity index (χ2n) is 7.52. The number of anilines is 1. The molecule has 0 N–H and O–H groups in total. The number of carbonyl (C=O) groups is 1. The summed E-state index contributed by atoms with van der Waals surface area (Å²) in [6.07, 6.45) is 7.68. The smallest absolute Gasteiger partial charge is 0.223 e. The summed E-state index contributed by atoms with van der Waals surface area (Å²) in [5.74, 6) is 0.723. The lowest BCUT2D eigenvalue weighted by Crippen LogP contribution is -2.35. The van der Waals surface area contributed by atoms with Gasteiger partial charge in [-0.25, -0.2) is 0 Å². The number of fused-ring (bicyclic) bond motifs is 1. The predicted octanol–water partition coefficient (Wildman–Crippen LogP) is 3.55. The Bertz CT molecular complexity index is 788. The van der Waals surface area contributed by atoms with Gasteiger partial charge < -0.3 is 9.80 Å². The molecule has 136 valence electrons. The molecule has 4 nitrogen and oxygen atoms in total. The summed E-state index contributed by atoms with van der Waals surface area (Å²) in [7, 11) is 0. The molecule has 1 aliphatic carbocycles. The molecule has 2 heterocycles. The first-order chi connectivity index (χ1) is 12.7. The van der Waals surface area contributed by atoms with Crippen molar-refractivity contribution < 1.29 is 4.79 Å². The topological polar surface area (TPSA) is 36.4 Å². The number of amides is 1. The Hall–Kier alpha value is -2.36. The molecule has 1 aromatic heterocycles. The van der Waals surface area contributed by atoms with E-state index in [2.05, 4.69) is 52.0 Å². The lowest BCUT2D eigenvalue weighted by Gasteiger charge is -2.25. The normalized spacial score (nSPS) is 20.0. The molecule has 0 saturated carbocycles. The van der Waals surface area contributed by atoms with E-state index in [4.69, 9.17) is 0 Å². The van der Waals surface area contributed by atoms with Gasteiger partial charge in [0, 0.05) is 50.7 Å². The Kier molecular flexibility index (Phi) is 4.91. The SMILES string of the molecule is Cc1cnccc1N1CCCN(C(=O)C[C@@H]2CCc3ccccc32)CC1. The lowest BCUT2D eigenvalue weighted by molar-refractivity contribution is -0.131. The van der Waals surface area contributed by atoms with Crippen LogP contribution in [0, 0.1) is 6.92 Å². The maximum Gasteiger partial charge on any atom is 0.223 e. The summed E-state index contributed by atoms with van der Waals surface area (Å²) in [6, 6.07) is 10.7. The molecule has 2 aliphatic rings. The van der Waals surface area contributed by atoms with Crippen LogP contribution in [-0.2, 0) is 11.2 Å². The fourth-order valence-electron chi connectivity index (χ4n) is 4.43. The van der Waals surface area contributed by atoms with E-state index in [0.29, 0.717) is 18.2 Å². The highest BCUT2D eigenvalue weighted by Gasteiger charge is 2.27. The Labute approximate surface area is 155 Å². The van der Waals surface area contributed by atoms with Gasteiger partial charge in [0.1, 0.15) is 0 Å². The fraction of sp³-hybridized carbons (Fsp3) is 0.455. The molecule has 0 bridgehead atoms. The van der Waals surface area contributed by atoms with Crippen molar-refractivity contribution in [2.75, 3.05) is 31.1 Å². The molecule has 1 aliphatic heterocycles. The minimum atomic E-state index is 0.319. The second-order valence-corrected chi connectivity index (χ2v) is 7.52. The van der Waals surface area contributed by atoms with Gasteiger partial charge in [-0.05, 0) is 54.9 Å². The van der Waals surface area contributed by atoms with Crippen molar-refractivity contribution in [1.82, 2.24) is 9.88 Å². The average Bonchev–Trinajstić information content (AvgIpc) is 2.90. The van der Waals surface area contributed by atoms with E-state index in [0.717, 1.165) is 45.4 Å². The summed E-state index contributed by atoms with van der Waals surface area (Å²) in [5.41, 5.74) is 5.28. The zero-order chi connectivity index (χ0) is 17.9. The largest absolute Gasteiger partial charge is 0.369 e. The van der Waals surface area contributed by atoms with Crippen molar-refractivity contribution in [3.63, 3.8) is 0 Å². The molecule has 4 rings (SSSR count). The van der Waals surface area contributed by atoms with Crippen LogP contribution < -0.4 is 4.90 Å². The van der Waals surface area contributed by atoms with Gasteiger partial charge in [0.15, 0.2) is 0 Å². The number of aromatic nitrogens is 1. The highest BCUT2D eigenvalue weighted by atomic mass is 16.2. The van der Waals surface area contributed by atoms with Crippen LogP contribution in [0.15, 0.2) is 42.7 Å². The van der Waals surface area contributed by atoms with Crippen LogP contribution in [0.4, 0.5) is 5.69 Å². The maximum absolute atomic E-state index is 12.9. The summed E-state index contributed by atoms with van der Waals surface area (Å²) in [4.78, 5) is 21.6. The van der Waals surface area contributed by atoms with Crippen molar-refractivity contribution in [3.8, 4) is 0 Å². The number of hydrogen-bond acceptors (Lipinski definition) is 3. The quantitative estimate of drug-likeness (QED) is 0.850. The van der Waals surface area contributed by atoms with Crippen LogP contribution >= 0.6 is 0 Å². The third kappa shape index (κ3) is 3.46. The van der Waals surface area contributed by atoms with Crippen LogP contribution in [0.2, 0.25) is 0 Å². The lowest BCUT2D eigenvalue weighted by atomic mass is 9.97. The molecule has 0 radical (unpaired) electrons. The van der Waals surface area contributed by atoms with E-state index < -0.39 is 0 Å². The van der Waals surface area contributed by atoms with Crippen molar-refractivity contribution in [3.05, 3.63) is 59.4 Å². The molecule has 2 aromatic rings. The zero-order valence-corrected chi connectivity index (χ0v) is 15.5. The maximum atomic E-state index is 12.9. The highest BCUT2D eigenvalue weighted by molar-refractivity contribution is 5.77. The van der Waals surface area contributed by atoms with Crippen LogP contribution in [-0.4, -0.2) is 42.0 Å². The summed E-state index contributed by atoms with van der Waals surface area (Å²) < 4.78 is 0. The molecule has 1 aromatic carbocycles. The standard InChI is InChI=1S/C22H27N3O/c1-17-16-23-10-9-21(17)24-11-4-12-25(14-13-24)22(26)15-19-8-7-18-5-2-3-6-20(18)19/h2-3,5-6,9-10,16,19H,4,7-8,11-15H2,1H3/t19-/m0/s1. The monoisotopic (exact) mass is 349 g/mol. The molecule has 1 fully saturated rings. The first-order valence-electron chi connectivity index (χ1n) is 9.73. The number of pyridine rings is 1. The molecule has 0 unspecified atom stereocenters. The molecule has 0 spiro atoms. The van der Waals surface area contributed by atoms with Gasteiger partial charge in [-0.2, -0.15) is 0 Å². The van der Waals surface area contributed by atoms with Gasteiger partial charge in [0.25, 0.3) is 0 Å². The van der Waals surface area contributed by atoms with Gasteiger partial charge >= 0.3 is 0 Å². The first-order valence-corrected chi connectivity index (χ1v) is 9.73. The first kappa shape index (κ1) is 17.1. The molecule has 26 heavy (non-hydrogen) atoms. The highest BCUT2D eigenvalue weighted by Crippen LogP contribution is 2.35. The van der Waals surface area contributed by atoms with Gasteiger partial charge in [0.2, 0.25) is 5.91 Å². The second kappa shape index (κ2) is 7.48. The molecular weight excluding hydrogens is 322 g/mol. The number of hydrogen-bond donors (Lipinski definition) is 0. The van der Waals surface area contributed by atoms with E-state index in [1.165, 1.54) is 22.4 Å². The summed E-state index contributed by atoms with van der Waals surface area (Å²) >= 11 is 0. The van der Waals surface area contributed by atoms with Crippen molar-refractivity contribution >= 4 is 11.6 Å². The number of aryl methyl sites for hydroxylation is 2. The fourth-order valence-corrected chi connectivity index (χ4v) is 4.43. The minimum Gasteiger partial charge on any atom is -0.369 e. The molecule has 1 amide bonds. The molecule has 1 saturated heterocycles. The molecule has 1 atom stereocenters. The van der Waals surface area contributed by atoms with E-state index >= 15 is 0 Å². The van der Waals surface area contributed by atoms with E-state index in [1.807, 2.05) is 12.4 Å². The predicted molar refractivity (Wildman–Crippen MR) is 105 cm³/mol. The van der Waals surface area contributed by atoms with Crippen LogP contribution in [0.5, 0.6) is 0 Å². The van der Waals surface area contributed by atoms with Gasteiger partial charge in [-0.3, -0.25) is 9.78 Å².